The molecule has 2 atom stereocenters. The second-order valence-electron chi connectivity index (χ2n) is 4.08. The summed E-state index contributed by atoms with van der Waals surface area (Å²) < 4.78 is 49.3. The monoisotopic (exact) mass is 247 g/mol. The minimum atomic E-state index is -3.93. The predicted molar refractivity (Wildman–Crippen MR) is 50.8 cm³/mol. The SMILES string of the molecule is CC1CCN(CC(F)(F)C(F)F)CC1Cl. The quantitative estimate of drug-likeness (QED) is 0.548. The summed E-state index contributed by atoms with van der Waals surface area (Å²) in [6.07, 6.45) is -2.93. The Bertz CT molecular complexity index is 212. The average molecular weight is 248 g/mol. The lowest BCUT2D eigenvalue weighted by atomic mass is 9.98. The highest BCUT2D eigenvalue weighted by Gasteiger charge is 2.43. The summed E-state index contributed by atoms with van der Waals surface area (Å²) in [5.41, 5.74) is 0. The second kappa shape index (κ2) is 4.87. The lowest BCUT2D eigenvalue weighted by Crippen LogP contribution is -2.48. The fourth-order valence-electron chi connectivity index (χ4n) is 1.60. The maximum atomic E-state index is 12.7. The van der Waals surface area contributed by atoms with Crippen LogP contribution in [0.3, 0.4) is 0 Å². The van der Waals surface area contributed by atoms with Crippen molar-refractivity contribution >= 4 is 11.6 Å². The molecule has 0 radical (unpaired) electrons. The lowest BCUT2D eigenvalue weighted by Gasteiger charge is -2.35. The lowest BCUT2D eigenvalue weighted by molar-refractivity contribution is -0.144. The Balaban J connectivity index is 2.46. The van der Waals surface area contributed by atoms with Gasteiger partial charge in [-0.2, -0.15) is 8.78 Å². The van der Waals surface area contributed by atoms with Gasteiger partial charge in [-0.1, -0.05) is 6.92 Å². The van der Waals surface area contributed by atoms with Crippen molar-refractivity contribution in [3.05, 3.63) is 0 Å². The number of rotatable bonds is 3. The topological polar surface area (TPSA) is 3.24 Å². The van der Waals surface area contributed by atoms with Crippen molar-refractivity contribution in [2.24, 2.45) is 5.92 Å². The Morgan fingerprint density at radius 1 is 1.47 bits per heavy atom. The van der Waals surface area contributed by atoms with Crippen LogP contribution in [0.5, 0.6) is 0 Å². The van der Waals surface area contributed by atoms with Gasteiger partial charge >= 0.3 is 12.3 Å². The molecule has 6 heteroatoms. The van der Waals surface area contributed by atoms with Crippen LogP contribution < -0.4 is 0 Å². The van der Waals surface area contributed by atoms with Gasteiger partial charge in [0, 0.05) is 11.9 Å². The smallest absolute Gasteiger partial charge is 0.296 e. The molecule has 2 unspecified atom stereocenters. The molecule has 1 aliphatic rings. The molecule has 0 bridgehead atoms. The van der Waals surface area contributed by atoms with Crippen LogP contribution in [0.2, 0.25) is 0 Å². The molecule has 1 rings (SSSR count). The van der Waals surface area contributed by atoms with Crippen molar-refractivity contribution < 1.29 is 17.6 Å². The molecule has 15 heavy (non-hydrogen) atoms. The maximum absolute atomic E-state index is 12.7. The highest BCUT2D eigenvalue weighted by Crippen LogP contribution is 2.28. The van der Waals surface area contributed by atoms with Crippen LogP contribution in [0, 0.1) is 5.92 Å². The Hall–Kier alpha value is -0.0300. The first kappa shape index (κ1) is 13.0. The molecule has 0 aromatic heterocycles. The van der Waals surface area contributed by atoms with Gasteiger partial charge in [-0.05, 0) is 18.9 Å². The van der Waals surface area contributed by atoms with E-state index in [0.717, 1.165) is 0 Å². The van der Waals surface area contributed by atoms with Crippen LogP contribution in [-0.2, 0) is 0 Å². The van der Waals surface area contributed by atoms with Crippen LogP contribution in [0.25, 0.3) is 0 Å². The van der Waals surface area contributed by atoms with Crippen molar-refractivity contribution in [2.45, 2.75) is 31.1 Å². The third-order valence-electron chi connectivity index (χ3n) is 2.70. The number of hydrogen-bond donors (Lipinski definition) is 0. The third-order valence-corrected chi connectivity index (χ3v) is 3.27. The van der Waals surface area contributed by atoms with E-state index in [4.69, 9.17) is 11.6 Å². The second-order valence-corrected chi connectivity index (χ2v) is 4.64. The number of halogens is 5. The van der Waals surface area contributed by atoms with Crippen LogP contribution in [0.15, 0.2) is 0 Å². The van der Waals surface area contributed by atoms with E-state index < -0.39 is 18.9 Å². The minimum Gasteiger partial charge on any atom is -0.296 e. The average Bonchev–Trinajstić information content (AvgIpc) is 2.10. The number of piperidine rings is 1. The van der Waals surface area contributed by atoms with E-state index in [1.807, 2.05) is 6.92 Å². The summed E-state index contributed by atoms with van der Waals surface area (Å²) >= 11 is 5.90. The van der Waals surface area contributed by atoms with Crippen molar-refractivity contribution in [2.75, 3.05) is 19.6 Å². The Labute approximate surface area is 91.4 Å². The van der Waals surface area contributed by atoms with Gasteiger partial charge in [-0.25, -0.2) is 8.78 Å². The molecule has 1 heterocycles. The van der Waals surface area contributed by atoms with E-state index in [1.165, 1.54) is 4.90 Å². The van der Waals surface area contributed by atoms with Crippen LogP contribution in [0.1, 0.15) is 13.3 Å². The van der Waals surface area contributed by atoms with E-state index in [0.29, 0.717) is 13.0 Å². The van der Waals surface area contributed by atoms with Gasteiger partial charge in [0.2, 0.25) is 0 Å². The van der Waals surface area contributed by atoms with E-state index >= 15 is 0 Å². The standard InChI is InChI=1S/C9H14ClF4N/c1-6-2-3-15(4-7(6)10)5-9(13,14)8(11)12/h6-8H,2-5H2,1H3. The van der Waals surface area contributed by atoms with Gasteiger partial charge in [0.15, 0.2) is 0 Å². The fraction of sp³-hybridized carbons (Fsp3) is 1.00. The first-order valence-corrected chi connectivity index (χ1v) is 5.29. The first-order chi connectivity index (χ1) is 6.83. The van der Waals surface area contributed by atoms with Crippen LogP contribution in [-0.4, -0.2) is 42.3 Å². The Morgan fingerprint density at radius 3 is 2.53 bits per heavy atom. The van der Waals surface area contributed by atoms with E-state index in [-0.39, 0.29) is 17.8 Å². The molecule has 1 fully saturated rings. The van der Waals surface area contributed by atoms with Crippen molar-refractivity contribution in [3.63, 3.8) is 0 Å². The van der Waals surface area contributed by atoms with Crippen LogP contribution >= 0.6 is 11.6 Å². The summed E-state index contributed by atoms with van der Waals surface area (Å²) in [5, 5.41) is -0.229. The Morgan fingerprint density at radius 2 is 2.07 bits per heavy atom. The van der Waals surface area contributed by atoms with Crippen molar-refractivity contribution in [1.82, 2.24) is 4.90 Å². The molecule has 1 nitrogen and oxygen atoms in total. The zero-order valence-electron chi connectivity index (χ0n) is 8.40. The molecule has 0 spiro atoms. The van der Waals surface area contributed by atoms with E-state index in [2.05, 4.69) is 0 Å². The van der Waals surface area contributed by atoms with E-state index in [9.17, 15) is 17.6 Å². The summed E-state index contributed by atoms with van der Waals surface area (Å²) in [4.78, 5) is 1.31. The zero-order chi connectivity index (χ0) is 11.6. The van der Waals surface area contributed by atoms with Crippen LogP contribution in [0.4, 0.5) is 17.6 Å². The highest BCUT2D eigenvalue weighted by molar-refractivity contribution is 6.21. The largest absolute Gasteiger partial charge is 0.319 e. The van der Waals surface area contributed by atoms with Gasteiger partial charge in [0.1, 0.15) is 0 Å². The minimum absolute atomic E-state index is 0.229. The Kier molecular flexibility index (Phi) is 4.23. The molecule has 0 amide bonds. The van der Waals surface area contributed by atoms with Gasteiger partial charge in [-0.3, -0.25) is 4.90 Å². The third kappa shape index (κ3) is 3.48. The summed E-state index contributed by atoms with van der Waals surface area (Å²) in [6, 6.07) is 0. The van der Waals surface area contributed by atoms with Gasteiger partial charge in [-0.15, -0.1) is 11.6 Å². The number of nitrogens with zero attached hydrogens (tertiary/aromatic N) is 1. The number of hydrogen-bond acceptors (Lipinski definition) is 1. The van der Waals surface area contributed by atoms with E-state index in [1.54, 1.807) is 0 Å². The number of alkyl halides is 5. The molecule has 0 aliphatic carbocycles. The number of likely N-dealkylation sites (tertiary alicyclic amines) is 1. The van der Waals surface area contributed by atoms with Gasteiger partial charge in [0.25, 0.3) is 0 Å². The van der Waals surface area contributed by atoms with Crippen molar-refractivity contribution in [1.29, 1.82) is 0 Å². The normalized spacial score (nSPS) is 29.8. The van der Waals surface area contributed by atoms with Gasteiger partial charge in [0.05, 0.1) is 6.54 Å². The predicted octanol–water partition coefficient (Wildman–Crippen LogP) is 2.84. The molecular formula is C9H14ClF4N. The van der Waals surface area contributed by atoms with Crippen molar-refractivity contribution in [3.8, 4) is 0 Å². The molecule has 1 aliphatic heterocycles. The maximum Gasteiger partial charge on any atom is 0.319 e. The first-order valence-electron chi connectivity index (χ1n) is 4.85. The fourth-order valence-corrected chi connectivity index (χ4v) is 1.92. The molecule has 0 N–H and O–H groups in total. The summed E-state index contributed by atoms with van der Waals surface area (Å²) in [5.74, 6) is -3.68. The summed E-state index contributed by atoms with van der Waals surface area (Å²) in [6.45, 7) is 1.69. The molecule has 1 saturated heterocycles. The molecular weight excluding hydrogens is 234 g/mol. The molecule has 0 aromatic rings. The molecule has 90 valence electrons. The highest BCUT2D eigenvalue weighted by atomic mass is 35.5. The molecule has 0 aromatic carbocycles. The zero-order valence-corrected chi connectivity index (χ0v) is 9.15. The van der Waals surface area contributed by atoms with Gasteiger partial charge < -0.3 is 0 Å². The summed E-state index contributed by atoms with van der Waals surface area (Å²) in [7, 11) is 0. The molecule has 0 saturated carbocycles.